The van der Waals surface area contributed by atoms with Crippen LogP contribution in [0.2, 0.25) is 0 Å². The Balaban J connectivity index is 2.20. The molecule has 0 atom stereocenters. The molecule has 0 unspecified atom stereocenters. The van der Waals surface area contributed by atoms with Gasteiger partial charge in [0.15, 0.2) is 0 Å². The van der Waals surface area contributed by atoms with Gasteiger partial charge in [-0.05, 0) is 26.2 Å². The number of hydrogen-bond donors (Lipinski definition) is 0. The van der Waals surface area contributed by atoms with E-state index in [1.807, 2.05) is 0 Å². The van der Waals surface area contributed by atoms with Crippen molar-refractivity contribution in [2.45, 2.75) is 124 Å². The predicted octanol–water partition coefficient (Wildman–Crippen LogP) is 6.45. The number of hydrogen-bond acceptors (Lipinski definition) is 0. The summed E-state index contributed by atoms with van der Waals surface area (Å²) in [7, 11) is 0. The Morgan fingerprint density at radius 2 is 1.25 bits per heavy atom. The third kappa shape index (κ3) is 8.89. The zero-order valence-corrected chi connectivity index (χ0v) is 16.9. The molecule has 0 radical (unpaired) electrons. The highest BCUT2D eigenvalue weighted by atomic mass is 15.1. The van der Waals surface area contributed by atoms with Crippen molar-refractivity contribution in [2.75, 3.05) is 0 Å². The number of imidazole rings is 1. The molecule has 2 heteroatoms. The van der Waals surface area contributed by atoms with Gasteiger partial charge in [0.05, 0.1) is 13.1 Å². The molecule has 1 aromatic rings. The maximum atomic E-state index is 2.52. The maximum absolute atomic E-state index is 2.52. The molecule has 0 N–H and O–H groups in total. The van der Waals surface area contributed by atoms with Crippen LogP contribution in [-0.4, -0.2) is 4.57 Å². The lowest BCUT2D eigenvalue weighted by atomic mass is 10.1. The van der Waals surface area contributed by atoms with Gasteiger partial charge in [-0.2, -0.15) is 0 Å². The van der Waals surface area contributed by atoms with Crippen LogP contribution in [0, 0.1) is 0 Å². The first-order valence-corrected chi connectivity index (χ1v) is 10.9. The molecular formula is C22H43N2+. The molecular weight excluding hydrogens is 292 g/mol. The van der Waals surface area contributed by atoms with E-state index in [9.17, 15) is 0 Å². The second kappa shape index (κ2) is 14.5. The summed E-state index contributed by atoms with van der Waals surface area (Å²) in [4.78, 5) is 0. The van der Waals surface area contributed by atoms with Crippen LogP contribution in [0.15, 0.2) is 12.4 Å². The number of nitrogens with zero attached hydrogens (tertiary/aromatic N) is 2. The van der Waals surface area contributed by atoms with E-state index < -0.39 is 0 Å². The predicted molar refractivity (Wildman–Crippen MR) is 105 cm³/mol. The summed E-state index contributed by atoms with van der Waals surface area (Å²) in [5, 5.41) is 0. The van der Waals surface area contributed by atoms with Crippen molar-refractivity contribution < 1.29 is 4.57 Å². The molecule has 0 aromatic carbocycles. The molecule has 24 heavy (non-hydrogen) atoms. The smallest absolute Gasteiger partial charge is 0.235 e. The Hall–Kier alpha value is -0.790. The monoisotopic (exact) mass is 335 g/mol. The molecule has 0 aliphatic heterocycles. The summed E-state index contributed by atoms with van der Waals surface area (Å²) in [5.74, 6) is 1.55. The van der Waals surface area contributed by atoms with E-state index in [2.05, 4.69) is 42.3 Å². The maximum Gasteiger partial charge on any atom is 0.256 e. The Labute approximate surface area is 151 Å². The topological polar surface area (TPSA) is 8.81 Å². The van der Waals surface area contributed by atoms with Crippen LogP contribution in [0.1, 0.15) is 110 Å². The third-order valence-corrected chi connectivity index (χ3v) is 5.19. The fraction of sp³-hybridized carbons (Fsp3) is 0.864. The Kier molecular flexibility index (Phi) is 12.9. The highest BCUT2D eigenvalue weighted by Crippen LogP contribution is 2.10. The first-order valence-electron chi connectivity index (χ1n) is 10.9. The molecule has 0 saturated carbocycles. The van der Waals surface area contributed by atoms with Gasteiger partial charge in [-0.3, -0.25) is 0 Å². The first-order chi connectivity index (χ1) is 11.8. The molecule has 1 aromatic heterocycles. The van der Waals surface area contributed by atoms with Crippen molar-refractivity contribution in [2.24, 2.45) is 0 Å². The van der Waals surface area contributed by atoms with Gasteiger partial charge < -0.3 is 0 Å². The van der Waals surface area contributed by atoms with Crippen molar-refractivity contribution in [3.63, 3.8) is 0 Å². The van der Waals surface area contributed by atoms with Gasteiger partial charge in [-0.1, -0.05) is 78.1 Å². The summed E-state index contributed by atoms with van der Waals surface area (Å²) >= 11 is 0. The van der Waals surface area contributed by atoms with Crippen LogP contribution >= 0.6 is 0 Å². The number of aryl methyl sites for hydroxylation is 2. The average Bonchev–Trinajstić information content (AvgIpc) is 2.99. The van der Waals surface area contributed by atoms with Crippen molar-refractivity contribution >= 4 is 0 Å². The van der Waals surface area contributed by atoms with Gasteiger partial charge in [-0.15, -0.1) is 0 Å². The molecule has 0 saturated heterocycles. The van der Waals surface area contributed by atoms with Crippen LogP contribution in [0.5, 0.6) is 0 Å². The lowest BCUT2D eigenvalue weighted by Gasteiger charge is -2.05. The highest BCUT2D eigenvalue weighted by molar-refractivity contribution is 4.83. The van der Waals surface area contributed by atoms with E-state index >= 15 is 0 Å². The highest BCUT2D eigenvalue weighted by Gasteiger charge is 2.15. The van der Waals surface area contributed by atoms with E-state index in [1.54, 1.807) is 5.82 Å². The third-order valence-electron chi connectivity index (χ3n) is 5.19. The standard InChI is InChI=1S/C22H43N2/c1-4-7-9-11-12-13-14-15-17-19-24-21-20-23(6-3)22(24)18-16-10-8-5-2/h20-21H,4-19H2,1-3H3/q+1. The van der Waals surface area contributed by atoms with Crippen LogP contribution in [0.3, 0.4) is 0 Å². The van der Waals surface area contributed by atoms with E-state index in [4.69, 9.17) is 0 Å². The van der Waals surface area contributed by atoms with E-state index in [1.165, 1.54) is 96.4 Å². The van der Waals surface area contributed by atoms with Gasteiger partial charge >= 0.3 is 0 Å². The van der Waals surface area contributed by atoms with Gasteiger partial charge in [0.1, 0.15) is 12.4 Å². The second-order valence-corrected chi connectivity index (χ2v) is 7.33. The number of aromatic nitrogens is 2. The van der Waals surface area contributed by atoms with Crippen molar-refractivity contribution in [3.05, 3.63) is 18.2 Å². The van der Waals surface area contributed by atoms with E-state index in [0.29, 0.717) is 0 Å². The number of unbranched alkanes of at least 4 members (excludes halogenated alkanes) is 11. The molecule has 0 bridgehead atoms. The van der Waals surface area contributed by atoms with Crippen LogP contribution in [0.25, 0.3) is 0 Å². The van der Waals surface area contributed by atoms with E-state index in [-0.39, 0.29) is 0 Å². The summed E-state index contributed by atoms with van der Waals surface area (Å²) in [6.07, 6.45) is 24.0. The minimum atomic E-state index is 1.11. The number of rotatable bonds is 16. The summed E-state index contributed by atoms with van der Waals surface area (Å²) in [6, 6.07) is 0. The second-order valence-electron chi connectivity index (χ2n) is 7.33. The fourth-order valence-corrected chi connectivity index (χ4v) is 3.58. The molecule has 140 valence electrons. The lowest BCUT2D eigenvalue weighted by Crippen LogP contribution is -2.37. The van der Waals surface area contributed by atoms with Crippen LogP contribution in [-0.2, 0) is 19.5 Å². The minimum absolute atomic E-state index is 1.11. The van der Waals surface area contributed by atoms with Crippen molar-refractivity contribution in [1.82, 2.24) is 4.57 Å². The van der Waals surface area contributed by atoms with E-state index in [0.717, 1.165) is 6.54 Å². The van der Waals surface area contributed by atoms with Gasteiger partial charge in [0.25, 0.3) is 5.82 Å². The normalized spacial score (nSPS) is 11.3. The summed E-state index contributed by atoms with van der Waals surface area (Å²) in [6.45, 7) is 9.17. The molecule has 0 spiro atoms. The zero-order valence-electron chi connectivity index (χ0n) is 16.9. The van der Waals surface area contributed by atoms with Gasteiger partial charge in [-0.25, -0.2) is 9.13 Å². The van der Waals surface area contributed by atoms with Crippen molar-refractivity contribution in [3.8, 4) is 0 Å². The quantitative estimate of drug-likeness (QED) is 0.242. The van der Waals surface area contributed by atoms with Gasteiger partial charge in [0.2, 0.25) is 0 Å². The lowest BCUT2D eigenvalue weighted by molar-refractivity contribution is -0.704. The minimum Gasteiger partial charge on any atom is -0.235 e. The van der Waals surface area contributed by atoms with Crippen LogP contribution < -0.4 is 4.57 Å². The summed E-state index contributed by atoms with van der Waals surface area (Å²) < 4.78 is 4.97. The fourth-order valence-electron chi connectivity index (χ4n) is 3.58. The largest absolute Gasteiger partial charge is 0.256 e. The van der Waals surface area contributed by atoms with Crippen LogP contribution in [0.4, 0.5) is 0 Å². The SMILES string of the molecule is CCCCCCCCCCC[n+]1ccn(CC)c1CCCCCC. The van der Waals surface area contributed by atoms with Crippen molar-refractivity contribution in [1.29, 1.82) is 0 Å². The molecule has 1 rings (SSSR count). The molecule has 0 amide bonds. The molecule has 0 fully saturated rings. The molecule has 0 aliphatic carbocycles. The Morgan fingerprint density at radius 3 is 1.83 bits per heavy atom. The Bertz CT molecular complexity index is 395. The zero-order chi connectivity index (χ0) is 17.5. The summed E-state index contributed by atoms with van der Waals surface area (Å²) in [5.41, 5.74) is 0. The molecule has 2 nitrogen and oxygen atoms in total. The Morgan fingerprint density at radius 1 is 0.708 bits per heavy atom. The first kappa shape index (κ1) is 21.3. The molecule has 1 heterocycles. The van der Waals surface area contributed by atoms with Gasteiger partial charge in [0, 0.05) is 6.42 Å². The molecule has 0 aliphatic rings. The average molecular weight is 336 g/mol.